The maximum absolute atomic E-state index is 11.9. The number of nitrogens with zero attached hydrogens (tertiary/aromatic N) is 1. The van der Waals surface area contributed by atoms with Crippen molar-refractivity contribution in [3.05, 3.63) is 0 Å². The number of carboxylic acids is 1. The van der Waals surface area contributed by atoms with Crippen LogP contribution in [0.3, 0.4) is 0 Å². The average molecular weight is 253 g/mol. The Morgan fingerprint density at radius 3 is 2.67 bits per heavy atom. The molecule has 0 bridgehead atoms. The van der Waals surface area contributed by atoms with Gasteiger partial charge in [0.15, 0.2) is 0 Å². The summed E-state index contributed by atoms with van der Waals surface area (Å²) in [5, 5.41) is 11.5. The Kier molecular flexibility index (Phi) is 5.46. The van der Waals surface area contributed by atoms with Crippen molar-refractivity contribution in [2.45, 2.75) is 37.8 Å². The lowest BCUT2D eigenvalue weighted by molar-refractivity contribution is -0.137. The van der Waals surface area contributed by atoms with E-state index in [2.05, 4.69) is 11.2 Å². The minimum absolute atomic E-state index is 0.0277. The first-order chi connectivity index (χ1) is 8.54. The minimum atomic E-state index is -1.09. The summed E-state index contributed by atoms with van der Waals surface area (Å²) in [6.45, 7) is -0.432. The predicted molar refractivity (Wildman–Crippen MR) is 66.8 cm³/mol. The highest BCUT2D eigenvalue weighted by Gasteiger charge is 2.25. The summed E-state index contributed by atoms with van der Waals surface area (Å²) >= 11 is 0. The van der Waals surface area contributed by atoms with Crippen LogP contribution < -0.4 is 11.1 Å². The molecule has 1 saturated carbocycles. The number of terminal acetylenes is 1. The molecule has 1 rings (SSSR count). The fourth-order valence-corrected chi connectivity index (χ4v) is 2.06. The number of nitrogens with two attached hydrogens (primary N) is 1. The third kappa shape index (κ3) is 4.26. The molecule has 4 N–H and O–H groups in total. The average Bonchev–Trinajstić information content (AvgIpc) is 2.31. The Morgan fingerprint density at radius 1 is 1.44 bits per heavy atom. The second-order valence-electron chi connectivity index (χ2n) is 4.46. The lowest BCUT2D eigenvalue weighted by Gasteiger charge is -2.31. The third-order valence-corrected chi connectivity index (χ3v) is 3.02. The largest absolute Gasteiger partial charge is 0.480 e. The first kappa shape index (κ1) is 14.3. The Balaban J connectivity index is 2.54. The van der Waals surface area contributed by atoms with Crippen molar-refractivity contribution in [3.8, 4) is 12.3 Å². The van der Waals surface area contributed by atoms with Gasteiger partial charge < -0.3 is 21.1 Å². The molecule has 0 aliphatic heterocycles. The summed E-state index contributed by atoms with van der Waals surface area (Å²) in [6.07, 6.45) is 8.90. The van der Waals surface area contributed by atoms with Crippen molar-refractivity contribution in [2.75, 3.05) is 13.1 Å². The van der Waals surface area contributed by atoms with Crippen LogP contribution in [0.2, 0.25) is 0 Å². The molecular formula is C12H19N3O3. The second-order valence-corrected chi connectivity index (χ2v) is 4.46. The third-order valence-electron chi connectivity index (χ3n) is 3.02. The van der Waals surface area contributed by atoms with Crippen LogP contribution in [0.4, 0.5) is 4.79 Å². The summed E-state index contributed by atoms with van der Waals surface area (Å²) in [5.41, 5.74) is 5.91. The molecular weight excluding hydrogens is 234 g/mol. The molecule has 6 nitrogen and oxygen atoms in total. The van der Waals surface area contributed by atoms with E-state index >= 15 is 0 Å². The van der Waals surface area contributed by atoms with Crippen LogP contribution in [-0.2, 0) is 4.79 Å². The number of hydrogen-bond donors (Lipinski definition) is 3. The molecule has 2 amide bonds. The summed E-state index contributed by atoms with van der Waals surface area (Å²) in [4.78, 5) is 23.6. The SMILES string of the molecule is C#CCN(CC(=O)O)C(=O)NC1CCCCC1N. The standard InChI is InChI=1S/C12H19N3O3/c1-2-7-15(8-11(16)17)12(18)14-10-6-4-3-5-9(10)13/h1,9-10H,3-8,13H2,(H,14,18)(H,16,17). The molecule has 6 heteroatoms. The maximum Gasteiger partial charge on any atom is 0.323 e. The molecule has 1 aliphatic carbocycles. The molecule has 1 fully saturated rings. The number of carbonyl (C=O) groups is 2. The van der Waals surface area contributed by atoms with Crippen LogP contribution in [0, 0.1) is 12.3 Å². The number of rotatable bonds is 4. The molecule has 0 saturated heterocycles. The Bertz CT molecular complexity index is 351. The van der Waals surface area contributed by atoms with Gasteiger partial charge in [0.25, 0.3) is 0 Å². The number of amides is 2. The number of nitrogens with one attached hydrogen (secondary N) is 1. The maximum atomic E-state index is 11.9. The Hall–Kier alpha value is -1.74. The van der Waals surface area contributed by atoms with Crippen molar-refractivity contribution in [1.29, 1.82) is 0 Å². The first-order valence-electron chi connectivity index (χ1n) is 6.01. The van der Waals surface area contributed by atoms with Gasteiger partial charge in [-0.1, -0.05) is 18.8 Å². The van der Waals surface area contributed by atoms with E-state index in [1.807, 2.05) is 0 Å². The molecule has 2 unspecified atom stereocenters. The fraction of sp³-hybridized carbons (Fsp3) is 0.667. The molecule has 100 valence electrons. The molecule has 18 heavy (non-hydrogen) atoms. The zero-order valence-corrected chi connectivity index (χ0v) is 10.3. The van der Waals surface area contributed by atoms with Crippen molar-refractivity contribution in [1.82, 2.24) is 10.2 Å². The van der Waals surface area contributed by atoms with Gasteiger partial charge in [-0.05, 0) is 12.8 Å². The molecule has 2 atom stereocenters. The van der Waals surface area contributed by atoms with Crippen molar-refractivity contribution in [3.63, 3.8) is 0 Å². The highest BCUT2D eigenvalue weighted by Crippen LogP contribution is 2.17. The normalized spacial score (nSPS) is 22.9. The number of aliphatic carboxylic acids is 1. The number of carbonyl (C=O) groups excluding carboxylic acids is 1. The molecule has 0 aromatic carbocycles. The van der Waals surface area contributed by atoms with Gasteiger partial charge in [0.1, 0.15) is 6.54 Å². The predicted octanol–water partition coefficient (Wildman–Crippen LogP) is -0.0143. The molecule has 1 aliphatic rings. The van der Waals surface area contributed by atoms with Gasteiger partial charge in [0.2, 0.25) is 0 Å². The summed E-state index contributed by atoms with van der Waals surface area (Å²) in [6, 6.07) is -0.627. The lowest BCUT2D eigenvalue weighted by atomic mass is 9.91. The van der Waals surface area contributed by atoms with Gasteiger partial charge in [0.05, 0.1) is 6.54 Å². The van der Waals surface area contributed by atoms with E-state index in [1.54, 1.807) is 0 Å². The Morgan fingerprint density at radius 2 is 2.11 bits per heavy atom. The van der Waals surface area contributed by atoms with Crippen molar-refractivity contribution < 1.29 is 14.7 Å². The van der Waals surface area contributed by atoms with E-state index in [9.17, 15) is 9.59 Å². The highest BCUT2D eigenvalue weighted by molar-refractivity contribution is 5.80. The number of hydrogen-bond acceptors (Lipinski definition) is 3. The van der Waals surface area contributed by atoms with Crippen LogP contribution in [0.1, 0.15) is 25.7 Å². The van der Waals surface area contributed by atoms with E-state index in [0.29, 0.717) is 0 Å². The smallest absolute Gasteiger partial charge is 0.323 e. The van der Waals surface area contributed by atoms with Crippen molar-refractivity contribution >= 4 is 12.0 Å². The van der Waals surface area contributed by atoms with Gasteiger partial charge in [-0.3, -0.25) is 4.79 Å². The van der Waals surface area contributed by atoms with E-state index < -0.39 is 18.5 Å². The summed E-state index contributed by atoms with van der Waals surface area (Å²) in [5.74, 6) is 1.18. The van der Waals surface area contributed by atoms with Gasteiger partial charge in [-0.2, -0.15) is 0 Å². The number of urea groups is 1. The van der Waals surface area contributed by atoms with Gasteiger partial charge in [-0.25, -0.2) is 4.79 Å². The Labute approximate surface area is 107 Å². The van der Waals surface area contributed by atoms with Crippen LogP contribution in [-0.4, -0.2) is 47.2 Å². The molecule has 0 aromatic heterocycles. The van der Waals surface area contributed by atoms with E-state index in [0.717, 1.165) is 30.6 Å². The van der Waals surface area contributed by atoms with E-state index in [4.69, 9.17) is 17.3 Å². The molecule has 0 radical (unpaired) electrons. The zero-order chi connectivity index (χ0) is 13.5. The van der Waals surface area contributed by atoms with Gasteiger partial charge in [0, 0.05) is 12.1 Å². The van der Waals surface area contributed by atoms with Gasteiger partial charge in [-0.15, -0.1) is 6.42 Å². The topological polar surface area (TPSA) is 95.7 Å². The molecule has 0 aromatic rings. The summed E-state index contributed by atoms with van der Waals surface area (Å²) in [7, 11) is 0. The van der Waals surface area contributed by atoms with E-state index in [1.165, 1.54) is 0 Å². The molecule has 0 heterocycles. The first-order valence-corrected chi connectivity index (χ1v) is 6.01. The summed E-state index contributed by atoms with van der Waals surface area (Å²) < 4.78 is 0. The van der Waals surface area contributed by atoms with Crippen LogP contribution in [0.5, 0.6) is 0 Å². The zero-order valence-electron chi connectivity index (χ0n) is 10.3. The second kappa shape index (κ2) is 6.87. The minimum Gasteiger partial charge on any atom is -0.480 e. The lowest BCUT2D eigenvalue weighted by Crippen LogP contribution is -2.53. The van der Waals surface area contributed by atoms with Crippen LogP contribution in [0.15, 0.2) is 0 Å². The molecule has 0 spiro atoms. The quantitative estimate of drug-likeness (QED) is 0.614. The highest BCUT2D eigenvalue weighted by atomic mass is 16.4. The fourth-order valence-electron chi connectivity index (χ4n) is 2.06. The van der Waals surface area contributed by atoms with Gasteiger partial charge >= 0.3 is 12.0 Å². The number of carboxylic acid groups (broad SMARTS) is 1. The monoisotopic (exact) mass is 253 g/mol. The van der Waals surface area contributed by atoms with Crippen LogP contribution >= 0.6 is 0 Å². The van der Waals surface area contributed by atoms with Crippen molar-refractivity contribution in [2.24, 2.45) is 5.73 Å². The van der Waals surface area contributed by atoms with E-state index in [-0.39, 0.29) is 18.6 Å². The van der Waals surface area contributed by atoms with Crippen LogP contribution in [0.25, 0.3) is 0 Å².